The van der Waals surface area contributed by atoms with Gasteiger partial charge in [-0.15, -0.1) is 0 Å². The van der Waals surface area contributed by atoms with Gasteiger partial charge in [0.15, 0.2) is 7.05 Å². The van der Waals surface area contributed by atoms with E-state index in [-0.39, 0.29) is 0 Å². The second kappa shape index (κ2) is 15.8. The van der Waals surface area contributed by atoms with Crippen molar-refractivity contribution in [3.05, 3.63) is 289 Å². The molecule has 4 aliphatic rings. The van der Waals surface area contributed by atoms with Crippen LogP contribution in [0.2, 0.25) is 0 Å². The number of fused-ring (bicyclic) bond motifs is 9. The summed E-state index contributed by atoms with van der Waals surface area (Å²) in [5, 5.41) is 0. The Bertz CT molecular complexity index is 3770. The topological polar surface area (TPSA) is 18.9 Å². The van der Waals surface area contributed by atoms with Gasteiger partial charge in [-0.25, -0.2) is 0 Å². The van der Waals surface area contributed by atoms with Crippen molar-refractivity contribution in [3.63, 3.8) is 0 Å². The van der Waals surface area contributed by atoms with Gasteiger partial charge in [0.1, 0.15) is 0 Å². The Morgan fingerprint density at radius 1 is 0.403 bits per heavy atom. The zero-order chi connectivity index (χ0) is 49.4. The standard InChI is InChI=1S/C69H59N3/c1-42(2)49-34-35-70-60(38-49)68(56-30-12-20-45(5)63(56)64-46(6)21-13-31-57(64)68)52-26-16-24-50(39-52)67(54-28-10-18-43(3)61(54)62-44(4)19-11-29-55(62)67)51-25-17-27-53(40-51)69(72-37-36-71(9)41-72)58-32-14-22-47(7)65(58)66-48(8)23-15-33-59(66)69/h10-40,42H,1-9H3/q+2. The van der Waals surface area contributed by atoms with Crippen LogP contribution in [0.15, 0.2) is 188 Å². The van der Waals surface area contributed by atoms with Crippen LogP contribution in [0, 0.1) is 41.5 Å². The van der Waals surface area contributed by atoms with E-state index in [9.17, 15) is 0 Å². The van der Waals surface area contributed by atoms with E-state index >= 15 is 0 Å². The van der Waals surface area contributed by atoms with Crippen LogP contribution in [-0.2, 0) is 16.4 Å². The summed E-state index contributed by atoms with van der Waals surface area (Å²) in [6.45, 7) is 18.3. The molecule has 0 spiro atoms. The van der Waals surface area contributed by atoms with Crippen LogP contribution in [-0.4, -0.2) is 27.2 Å². The molecule has 0 radical (unpaired) electrons. The van der Waals surface area contributed by atoms with Crippen LogP contribution in [0.1, 0.15) is 120 Å². The lowest BCUT2D eigenvalue weighted by molar-refractivity contribution is -0.533. The van der Waals surface area contributed by atoms with Gasteiger partial charge < -0.3 is 0 Å². The fourth-order valence-corrected chi connectivity index (χ4v) is 14.1. The van der Waals surface area contributed by atoms with Crippen LogP contribution in [0.5, 0.6) is 0 Å². The quantitative estimate of drug-likeness (QED) is 0.146. The Balaban J connectivity index is 1.17. The molecule has 9 aromatic rings. The predicted octanol–water partition coefficient (Wildman–Crippen LogP) is 15.4. The maximum absolute atomic E-state index is 5.44. The molecule has 0 N–H and O–H groups in total. The highest BCUT2D eigenvalue weighted by Gasteiger charge is 2.58. The smallest absolute Gasteiger partial charge is 0.260 e. The minimum absolute atomic E-state index is 0.334. The third kappa shape index (κ3) is 5.60. The van der Waals surface area contributed by atoms with Gasteiger partial charge in [-0.05, 0) is 177 Å². The van der Waals surface area contributed by atoms with E-state index in [1.807, 2.05) is 6.20 Å². The summed E-state index contributed by atoms with van der Waals surface area (Å²) in [7, 11) is 2.08. The molecule has 0 saturated carbocycles. The molecule has 1 aliphatic heterocycles. The molecule has 1 aromatic heterocycles. The zero-order valence-corrected chi connectivity index (χ0v) is 42.8. The average molecular weight is 930 g/mol. The van der Waals surface area contributed by atoms with Gasteiger partial charge in [-0.2, -0.15) is 0 Å². The Morgan fingerprint density at radius 3 is 1.18 bits per heavy atom. The van der Waals surface area contributed by atoms with Gasteiger partial charge in [0.25, 0.3) is 5.54 Å². The summed E-state index contributed by atoms with van der Waals surface area (Å²) in [6.07, 6.45) is 6.38. The monoisotopic (exact) mass is 929 g/mol. The normalized spacial score (nSPS) is 15.6. The van der Waals surface area contributed by atoms with Crippen molar-refractivity contribution in [1.29, 1.82) is 0 Å². The molecular weight excluding hydrogens is 871 g/mol. The number of hydrogen-bond donors (Lipinski definition) is 0. The lowest BCUT2D eigenvalue weighted by atomic mass is 9.64. The predicted molar refractivity (Wildman–Crippen MR) is 294 cm³/mol. The second-order valence-corrected chi connectivity index (χ2v) is 21.4. The van der Waals surface area contributed by atoms with Crippen molar-refractivity contribution < 1.29 is 9.15 Å². The van der Waals surface area contributed by atoms with Crippen molar-refractivity contribution in [2.75, 3.05) is 7.05 Å². The van der Waals surface area contributed by atoms with Crippen molar-refractivity contribution in [2.45, 2.75) is 77.7 Å². The van der Waals surface area contributed by atoms with E-state index in [1.54, 1.807) is 0 Å². The highest BCUT2D eigenvalue weighted by atomic mass is 15.2. The van der Waals surface area contributed by atoms with E-state index in [0.29, 0.717) is 5.92 Å². The fraction of sp³-hybridized carbons (Fsp3) is 0.188. The number of pyridine rings is 1. The highest BCUT2D eigenvalue weighted by Crippen LogP contribution is 2.62. The molecule has 13 rings (SSSR count). The highest BCUT2D eigenvalue weighted by molar-refractivity contribution is 5.93. The van der Waals surface area contributed by atoms with Gasteiger partial charge in [0.2, 0.25) is 12.4 Å². The molecule has 348 valence electrons. The molecular formula is C69H59N3+2. The van der Waals surface area contributed by atoms with Gasteiger partial charge >= 0.3 is 6.01 Å². The molecule has 3 aliphatic carbocycles. The van der Waals surface area contributed by atoms with Crippen molar-refractivity contribution in [1.82, 2.24) is 4.98 Å². The molecule has 72 heavy (non-hydrogen) atoms. The van der Waals surface area contributed by atoms with E-state index in [2.05, 4.69) is 260 Å². The van der Waals surface area contributed by atoms with Crippen LogP contribution >= 0.6 is 0 Å². The number of aromatic nitrogens is 1. The van der Waals surface area contributed by atoms with Crippen molar-refractivity contribution in [3.8, 4) is 33.4 Å². The molecule has 3 nitrogen and oxygen atoms in total. The van der Waals surface area contributed by atoms with E-state index in [4.69, 9.17) is 4.98 Å². The molecule has 3 heteroatoms. The average Bonchev–Trinajstić information content (AvgIpc) is 4.13. The van der Waals surface area contributed by atoms with E-state index in [0.717, 1.165) is 5.69 Å². The summed E-state index contributed by atoms with van der Waals surface area (Å²) in [5.41, 5.74) is 28.4. The minimum atomic E-state index is -0.720. The SMILES string of the molecule is Cc1cccc2c1-c1c(C)cccc1C2(c1cccc(C2(c3cc(C(C)C)ccn3)c3cccc(C)c3-c3c(C)cccc32)c1)c1cccc(C2([N+]3=C=[N+](C)C=C3)c3cccc(C)c3-c3c(C)cccc32)c1. The van der Waals surface area contributed by atoms with Crippen molar-refractivity contribution >= 4 is 6.01 Å². The summed E-state index contributed by atoms with van der Waals surface area (Å²) in [6, 6.07) is 69.3. The van der Waals surface area contributed by atoms with Crippen LogP contribution in [0.3, 0.4) is 0 Å². The summed E-state index contributed by atoms with van der Waals surface area (Å²) >= 11 is 0. The minimum Gasteiger partial charge on any atom is -0.260 e. The van der Waals surface area contributed by atoms with Crippen LogP contribution < -0.4 is 0 Å². The van der Waals surface area contributed by atoms with Gasteiger partial charge in [0.05, 0.1) is 16.5 Å². The Kier molecular flexibility index (Phi) is 9.64. The van der Waals surface area contributed by atoms with E-state index < -0.39 is 16.4 Å². The molecule has 0 fully saturated rings. The second-order valence-electron chi connectivity index (χ2n) is 21.4. The van der Waals surface area contributed by atoms with Crippen LogP contribution in [0.25, 0.3) is 33.4 Å². The maximum Gasteiger partial charge on any atom is 0.490 e. The third-order valence-electron chi connectivity index (χ3n) is 17.1. The summed E-state index contributed by atoms with van der Waals surface area (Å²) < 4.78 is 4.40. The lowest BCUT2D eigenvalue weighted by Gasteiger charge is -2.38. The number of rotatable bonds is 7. The Morgan fingerprint density at radius 2 is 0.764 bits per heavy atom. The molecule has 8 aromatic carbocycles. The lowest BCUT2D eigenvalue weighted by Crippen LogP contribution is -2.38. The molecule has 0 amide bonds. The van der Waals surface area contributed by atoms with Gasteiger partial charge in [-0.1, -0.05) is 175 Å². The molecule has 0 bridgehead atoms. The molecule has 0 unspecified atom stereocenters. The number of hydrogen-bond acceptors (Lipinski definition) is 1. The first kappa shape index (κ1) is 44.0. The number of aryl methyl sites for hydroxylation is 6. The zero-order valence-electron chi connectivity index (χ0n) is 42.8. The molecule has 2 heterocycles. The van der Waals surface area contributed by atoms with Gasteiger partial charge in [-0.3, -0.25) is 4.98 Å². The van der Waals surface area contributed by atoms with E-state index in [1.165, 1.54) is 128 Å². The Labute approximate surface area is 424 Å². The molecule has 0 saturated heterocycles. The summed E-state index contributed by atoms with van der Waals surface area (Å²) in [4.78, 5) is 5.44. The fourth-order valence-electron chi connectivity index (χ4n) is 14.1. The first-order valence-electron chi connectivity index (χ1n) is 25.7. The Hall–Kier alpha value is -7.97. The number of benzene rings is 8. The van der Waals surface area contributed by atoms with Crippen LogP contribution in [0.4, 0.5) is 0 Å². The number of nitrogens with zero attached hydrogens (tertiary/aromatic N) is 3. The third-order valence-corrected chi connectivity index (χ3v) is 17.1. The first-order valence-corrected chi connectivity index (χ1v) is 25.7. The first-order chi connectivity index (χ1) is 34.9. The molecule has 0 atom stereocenters. The largest absolute Gasteiger partial charge is 0.490 e. The summed E-state index contributed by atoms with van der Waals surface area (Å²) in [5.74, 6) is 0.334. The maximum atomic E-state index is 5.44. The van der Waals surface area contributed by atoms with Gasteiger partial charge in [0, 0.05) is 22.9 Å². The van der Waals surface area contributed by atoms with Crippen molar-refractivity contribution in [2.24, 2.45) is 0 Å².